The third-order valence-electron chi connectivity index (χ3n) is 5.11. The second-order valence-corrected chi connectivity index (χ2v) is 8.84. The summed E-state index contributed by atoms with van der Waals surface area (Å²) in [6.45, 7) is 5.00. The van der Waals surface area contributed by atoms with Gasteiger partial charge in [0.25, 0.3) is 0 Å². The highest BCUT2D eigenvalue weighted by Gasteiger charge is 2.30. The van der Waals surface area contributed by atoms with Gasteiger partial charge in [-0.15, -0.1) is 0 Å². The molecule has 0 saturated carbocycles. The predicted octanol–water partition coefficient (Wildman–Crippen LogP) is 1.84. The molecule has 3 heterocycles. The largest absolute Gasteiger partial charge is 0.312 e. The van der Waals surface area contributed by atoms with E-state index in [-0.39, 0.29) is 16.8 Å². The van der Waals surface area contributed by atoms with E-state index in [1.165, 1.54) is 0 Å². The van der Waals surface area contributed by atoms with Crippen molar-refractivity contribution in [2.45, 2.75) is 57.0 Å². The number of carbonyl (C=O) groups is 1. The molecule has 0 aliphatic carbocycles. The summed E-state index contributed by atoms with van der Waals surface area (Å²) in [4.78, 5) is 18.3. The molecule has 1 unspecified atom stereocenters. The van der Waals surface area contributed by atoms with E-state index in [1.54, 1.807) is 41.6 Å². The molecule has 2 aromatic rings. The van der Waals surface area contributed by atoms with Gasteiger partial charge in [-0.2, -0.15) is 5.10 Å². The average Bonchev–Trinajstić information content (AvgIpc) is 3.19. The first-order valence-electron chi connectivity index (χ1n) is 9.20. The molecule has 1 fully saturated rings. The fraction of sp³-hybridized carbons (Fsp3) is 0.500. The smallest absolute Gasteiger partial charge is 0.241 e. The van der Waals surface area contributed by atoms with Gasteiger partial charge < -0.3 is 4.90 Å². The lowest BCUT2D eigenvalue weighted by atomic mass is 10.1. The molecule has 1 amide bonds. The molecule has 0 radical (unpaired) electrons. The number of aromatic nitrogens is 3. The van der Waals surface area contributed by atoms with Crippen LogP contribution in [0.15, 0.2) is 23.1 Å². The molecule has 2 aliphatic heterocycles. The number of anilines is 1. The van der Waals surface area contributed by atoms with Gasteiger partial charge in [0.05, 0.1) is 10.9 Å². The first kappa shape index (κ1) is 18.1. The van der Waals surface area contributed by atoms with Crippen LogP contribution in [0.1, 0.15) is 48.9 Å². The van der Waals surface area contributed by atoms with E-state index in [2.05, 4.69) is 14.8 Å². The number of benzene rings is 1. The molecule has 27 heavy (non-hydrogen) atoms. The van der Waals surface area contributed by atoms with E-state index in [0.717, 1.165) is 25.1 Å². The molecule has 9 heteroatoms. The standard InChI is InChI=1S/C18H23N5O3S/c1-12-11-14(22-9-4-6-17(22)24)7-8-16(12)27(25,26)21-15-5-3-10-23-18(15)19-13(2)20-23/h7-8,11,15,21H,3-6,9-10H2,1-2H3. The maximum atomic E-state index is 13.0. The molecular formula is C18H23N5O3S. The molecule has 144 valence electrons. The van der Waals surface area contributed by atoms with Crippen molar-refractivity contribution in [2.75, 3.05) is 11.4 Å². The van der Waals surface area contributed by atoms with Crippen LogP contribution in [0.5, 0.6) is 0 Å². The third-order valence-corrected chi connectivity index (χ3v) is 6.74. The lowest BCUT2D eigenvalue weighted by Crippen LogP contribution is -2.33. The molecular weight excluding hydrogens is 366 g/mol. The number of fused-ring (bicyclic) bond motifs is 1. The number of sulfonamides is 1. The van der Waals surface area contributed by atoms with Crippen molar-refractivity contribution < 1.29 is 13.2 Å². The van der Waals surface area contributed by atoms with E-state index >= 15 is 0 Å². The Morgan fingerprint density at radius 2 is 2.00 bits per heavy atom. The number of hydrogen-bond donors (Lipinski definition) is 1. The highest BCUT2D eigenvalue weighted by atomic mass is 32.2. The van der Waals surface area contributed by atoms with Crippen molar-refractivity contribution in [3.63, 3.8) is 0 Å². The van der Waals surface area contributed by atoms with Gasteiger partial charge in [0, 0.05) is 25.2 Å². The van der Waals surface area contributed by atoms with Crippen molar-refractivity contribution in [1.29, 1.82) is 0 Å². The van der Waals surface area contributed by atoms with Crippen LogP contribution in [-0.2, 0) is 21.4 Å². The maximum Gasteiger partial charge on any atom is 0.241 e. The highest BCUT2D eigenvalue weighted by molar-refractivity contribution is 7.89. The fourth-order valence-corrected chi connectivity index (χ4v) is 5.31. The van der Waals surface area contributed by atoms with E-state index in [4.69, 9.17) is 0 Å². The number of carbonyl (C=O) groups excluding carboxylic acids is 1. The van der Waals surface area contributed by atoms with Crippen LogP contribution in [-0.4, -0.2) is 35.6 Å². The van der Waals surface area contributed by atoms with Crippen LogP contribution in [0, 0.1) is 13.8 Å². The first-order chi connectivity index (χ1) is 12.8. The van der Waals surface area contributed by atoms with Crippen LogP contribution in [0.2, 0.25) is 0 Å². The van der Waals surface area contributed by atoms with Gasteiger partial charge in [0.15, 0.2) is 0 Å². The lowest BCUT2D eigenvalue weighted by Gasteiger charge is -2.24. The minimum atomic E-state index is -3.71. The van der Waals surface area contributed by atoms with E-state index in [1.807, 2.05) is 0 Å². The van der Waals surface area contributed by atoms with Crippen LogP contribution < -0.4 is 9.62 Å². The zero-order chi connectivity index (χ0) is 19.2. The summed E-state index contributed by atoms with van der Waals surface area (Å²) in [5.74, 6) is 1.39. The lowest BCUT2D eigenvalue weighted by molar-refractivity contribution is -0.117. The Balaban J connectivity index is 1.60. The fourth-order valence-electron chi connectivity index (χ4n) is 3.85. The maximum absolute atomic E-state index is 13.0. The number of nitrogens with zero attached hydrogens (tertiary/aromatic N) is 4. The molecule has 1 saturated heterocycles. The summed E-state index contributed by atoms with van der Waals surface area (Å²) in [6.07, 6.45) is 2.92. The van der Waals surface area contributed by atoms with Gasteiger partial charge in [-0.3, -0.25) is 4.79 Å². The van der Waals surface area contributed by atoms with Crippen LogP contribution in [0.3, 0.4) is 0 Å². The Morgan fingerprint density at radius 1 is 1.19 bits per heavy atom. The first-order valence-corrected chi connectivity index (χ1v) is 10.7. The number of aryl methyl sites for hydroxylation is 3. The Morgan fingerprint density at radius 3 is 2.70 bits per heavy atom. The average molecular weight is 389 g/mol. The van der Waals surface area contributed by atoms with E-state index in [9.17, 15) is 13.2 Å². The summed E-state index contributed by atoms with van der Waals surface area (Å²) < 4.78 is 30.5. The minimum Gasteiger partial charge on any atom is -0.312 e. The quantitative estimate of drug-likeness (QED) is 0.860. The molecule has 0 bridgehead atoms. The highest BCUT2D eigenvalue weighted by Crippen LogP contribution is 2.29. The normalized spacial score (nSPS) is 20.1. The summed E-state index contributed by atoms with van der Waals surface area (Å²) in [7, 11) is -3.71. The van der Waals surface area contributed by atoms with Crippen molar-refractivity contribution >= 4 is 21.6 Å². The number of amides is 1. The second kappa shape index (κ2) is 6.72. The topological polar surface area (TPSA) is 97.2 Å². The number of rotatable bonds is 4. The predicted molar refractivity (Wildman–Crippen MR) is 99.8 cm³/mol. The third kappa shape index (κ3) is 3.37. The SMILES string of the molecule is Cc1nc2n(n1)CCCC2NS(=O)(=O)c1ccc(N2CCCC2=O)cc1C. The number of hydrogen-bond acceptors (Lipinski definition) is 5. The zero-order valence-electron chi connectivity index (χ0n) is 15.5. The summed E-state index contributed by atoms with van der Waals surface area (Å²) in [5, 5.41) is 4.32. The Bertz CT molecular complexity index is 998. The van der Waals surface area contributed by atoms with Gasteiger partial charge in [-0.25, -0.2) is 22.8 Å². The van der Waals surface area contributed by atoms with Crippen LogP contribution >= 0.6 is 0 Å². The number of nitrogens with one attached hydrogen (secondary N) is 1. The van der Waals surface area contributed by atoms with Gasteiger partial charge in [0.2, 0.25) is 15.9 Å². The molecule has 8 nitrogen and oxygen atoms in total. The Labute approximate surface area is 158 Å². The van der Waals surface area contributed by atoms with Gasteiger partial charge in [-0.1, -0.05) is 0 Å². The monoisotopic (exact) mass is 389 g/mol. The Hall–Kier alpha value is -2.26. The summed E-state index contributed by atoms with van der Waals surface area (Å²) >= 11 is 0. The van der Waals surface area contributed by atoms with Gasteiger partial charge >= 0.3 is 0 Å². The van der Waals surface area contributed by atoms with Crippen LogP contribution in [0.25, 0.3) is 0 Å². The van der Waals surface area contributed by atoms with Crippen molar-refractivity contribution in [2.24, 2.45) is 0 Å². The molecule has 1 aromatic carbocycles. The minimum absolute atomic E-state index is 0.0834. The Kier molecular flexibility index (Phi) is 4.51. The second-order valence-electron chi connectivity index (χ2n) is 7.16. The zero-order valence-corrected chi connectivity index (χ0v) is 16.3. The summed E-state index contributed by atoms with van der Waals surface area (Å²) in [5.41, 5.74) is 1.37. The van der Waals surface area contributed by atoms with Crippen molar-refractivity contribution in [3.05, 3.63) is 35.4 Å². The molecule has 1 aromatic heterocycles. The molecule has 2 aliphatic rings. The van der Waals surface area contributed by atoms with Crippen molar-refractivity contribution in [3.8, 4) is 0 Å². The van der Waals surface area contributed by atoms with Crippen molar-refractivity contribution in [1.82, 2.24) is 19.5 Å². The van der Waals surface area contributed by atoms with Crippen LogP contribution in [0.4, 0.5) is 5.69 Å². The summed E-state index contributed by atoms with van der Waals surface area (Å²) in [6, 6.07) is 4.67. The van der Waals surface area contributed by atoms with Gasteiger partial charge in [0.1, 0.15) is 11.6 Å². The van der Waals surface area contributed by atoms with Gasteiger partial charge in [-0.05, 0) is 56.9 Å². The molecule has 4 rings (SSSR count). The molecule has 0 spiro atoms. The van der Waals surface area contributed by atoms with E-state index < -0.39 is 10.0 Å². The molecule has 1 N–H and O–H groups in total. The molecule has 1 atom stereocenters. The van der Waals surface area contributed by atoms with E-state index in [0.29, 0.717) is 36.6 Å².